The Balaban J connectivity index is 1.81. The zero-order chi connectivity index (χ0) is 13.3. The van der Waals surface area contributed by atoms with E-state index in [1.807, 2.05) is 20.8 Å². The van der Waals surface area contributed by atoms with Gasteiger partial charge in [0.05, 0.1) is 0 Å². The largest absolute Gasteiger partial charge is 0.351 e. The Morgan fingerprint density at radius 1 is 1.28 bits per heavy atom. The van der Waals surface area contributed by atoms with E-state index in [4.69, 9.17) is 0 Å². The molecule has 2 heterocycles. The predicted molar refractivity (Wildman–Crippen MR) is 70.3 cm³/mol. The second kappa shape index (κ2) is 5.00. The summed E-state index contributed by atoms with van der Waals surface area (Å²) in [6, 6.07) is 0.803. The Hall–Kier alpha value is -0.900. The molecule has 0 spiro atoms. The maximum Gasteiger partial charge on any atom is 0.221 e. The van der Waals surface area contributed by atoms with Crippen LogP contribution in [0.3, 0.4) is 0 Å². The summed E-state index contributed by atoms with van der Waals surface area (Å²) < 4.78 is 0. The molecule has 1 amide bonds. The van der Waals surface area contributed by atoms with Crippen LogP contribution in [0.2, 0.25) is 0 Å². The number of carbonyl (C=O) groups excluding carboxylic acids is 2. The van der Waals surface area contributed by atoms with Crippen molar-refractivity contribution < 1.29 is 9.59 Å². The van der Waals surface area contributed by atoms with E-state index in [2.05, 4.69) is 10.2 Å². The molecule has 0 saturated carbocycles. The lowest BCUT2D eigenvalue weighted by molar-refractivity contribution is -0.124. The van der Waals surface area contributed by atoms with Gasteiger partial charge in [-0.15, -0.1) is 0 Å². The van der Waals surface area contributed by atoms with Gasteiger partial charge in [-0.3, -0.25) is 14.5 Å². The van der Waals surface area contributed by atoms with E-state index in [9.17, 15) is 9.59 Å². The molecule has 2 unspecified atom stereocenters. The van der Waals surface area contributed by atoms with Crippen molar-refractivity contribution in [1.29, 1.82) is 0 Å². The van der Waals surface area contributed by atoms with Crippen LogP contribution in [0.4, 0.5) is 0 Å². The molecule has 2 aliphatic rings. The highest BCUT2D eigenvalue weighted by Gasteiger charge is 2.39. The Labute approximate surface area is 109 Å². The first-order chi connectivity index (χ1) is 8.35. The van der Waals surface area contributed by atoms with Crippen LogP contribution in [0.1, 0.15) is 52.9 Å². The second-order valence-electron chi connectivity index (χ2n) is 6.62. The van der Waals surface area contributed by atoms with Crippen LogP contribution in [-0.4, -0.2) is 40.8 Å². The summed E-state index contributed by atoms with van der Waals surface area (Å²) in [5.74, 6) is 0.511. The first kappa shape index (κ1) is 13.5. The Morgan fingerprint density at radius 2 is 1.83 bits per heavy atom. The zero-order valence-corrected chi connectivity index (χ0v) is 11.7. The van der Waals surface area contributed by atoms with Gasteiger partial charge in [0.15, 0.2) is 0 Å². The number of hydrogen-bond donors (Lipinski definition) is 1. The Kier molecular flexibility index (Phi) is 3.76. The molecular formula is C14H24N2O2. The molecule has 102 valence electrons. The van der Waals surface area contributed by atoms with Crippen molar-refractivity contribution in [2.24, 2.45) is 0 Å². The number of hydrogen-bond acceptors (Lipinski definition) is 3. The number of piperidine rings is 1. The van der Waals surface area contributed by atoms with Gasteiger partial charge in [-0.25, -0.2) is 0 Å². The van der Waals surface area contributed by atoms with Gasteiger partial charge < -0.3 is 5.32 Å². The quantitative estimate of drug-likeness (QED) is 0.828. The molecule has 2 saturated heterocycles. The Bertz CT molecular complexity index is 330. The molecule has 18 heavy (non-hydrogen) atoms. The first-order valence-corrected chi connectivity index (χ1v) is 6.93. The summed E-state index contributed by atoms with van der Waals surface area (Å²) in [5, 5.41) is 2.99. The van der Waals surface area contributed by atoms with Gasteiger partial charge in [0.25, 0.3) is 0 Å². The van der Waals surface area contributed by atoms with Crippen molar-refractivity contribution in [2.45, 2.75) is 70.5 Å². The first-order valence-electron chi connectivity index (χ1n) is 6.93. The maximum absolute atomic E-state index is 11.8. The molecular weight excluding hydrogens is 228 g/mol. The highest BCUT2D eigenvalue weighted by Crippen LogP contribution is 2.33. The predicted octanol–water partition coefficient (Wildman–Crippen LogP) is 1.49. The van der Waals surface area contributed by atoms with Crippen LogP contribution in [0.5, 0.6) is 0 Å². The maximum atomic E-state index is 11.8. The number of nitrogens with one attached hydrogen (secondary N) is 1. The minimum Gasteiger partial charge on any atom is -0.351 e. The van der Waals surface area contributed by atoms with Crippen LogP contribution < -0.4 is 5.32 Å². The van der Waals surface area contributed by atoms with Crippen LogP contribution in [0.25, 0.3) is 0 Å². The number of Topliss-reactive ketones (excluding diaryl/α,β-unsaturated/α-hetero) is 1. The molecule has 0 aliphatic carbocycles. The third-order valence-corrected chi connectivity index (χ3v) is 3.81. The van der Waals surface area contributed by atoms with Gasteiger partial charge in [0.2, 0.25) is 5.91 Å². The summed E-state index contributed by atoms with van der Waals surface area (Å²) >= 11 is 0. The van der Waals surface area contributed by atoms with Gasteiger partial charge in [-0.1, -0.05) is 0 Å². The third kappa shape index (κ3) is 3.31. The number of carbonyl (C=O) groups is 2. The van der Waals surface area contributed by atoms with Crippen molar-refractivity contribution in [3.05, 3.63) is 0 Å². The molecule has 2 aliphatic heterocycles. The summed E-state index contributed by atoms with van der Waals surface area (Å²) in [5.41, 5.74) is -0.159. The second-order valence-corrected chi connectivity index (χ2v) is 6.62. The normalized spacial score (nSPS) is 28.5. The average Bonchev–Trinajstić information content (AvgIpc) is 2.44. The molecule has 2 atom stereocenters. The number of rotatable bonds is 3. The minimum absolute atomic E-state index is 0.110. The van der Waals surface area contributed by atoms with E-state index in [1.165, 1.54) is 0 Å². The molecule has 0 aromatic heterocycles. The van der Waals surface area contributed by atoms with Gasteiger partial charge in [-0.05, 0) is 33.6 Å². The van der Waals surface area contributed by atoms with Gasteiger partial charge in [-0.2, -0.15) is 0 Å². The van der Waals surface area contributed by atoms with Crippen LogP contribution in [-0.2, 0) is 9.59 Å². The van der Waals surface area contributed by atoms with Gasteiger partial charge in [0.1, 0.15) is 5.78 Å². The van der Waals surface area contributed by atoms with Crippen molar-refractivity contribution in [3.8, 4) is 0 Å². The van der Waals surface area contributed by atoms with E-state index >= 15 is 0 Å². The fraction of sp³-hybridized carbons (Fsp3) is 0.857. The van der Waals surface area contributed by atoms with Crippen molar-refractivity contribution in [3.63, 3.8) is 0 Å². The summed E-state index contributed by atoms with van der Waals surface area (Å²) in [4.78, 5) is 25.7. The molecule has 2 fully saturated rings. The molecule has 2 rings (SSSR count). The van der Waals surface area contributed by atoms with E-state index < -0.39 is 0 Å². The molecule has 4 heteroatoms. The number of amides is 1. The number of ketones is 1. The molecule has 2 bridgehead atoms. The zero-order valence-electron chi connectivity index (χ0n) is 11.7. The fourth-order valence-electron chi connectivity index (χ4n) is 3.14. The number of fused-ring (bicyclic) bond motifs is 2. The van der Waals surface area contributed by atoms with E-state index in [0.717, 1.165) is 19.4 Å². The average molecular weight is 252 g/mol. The van der Waals surface area contributed by atoms with Gasteiger partial charge in [0, 0.05) is 43.4 Å². The lowest BCUT2D eigenvalue weighted by Crippen LogP contribution is -2.46. The van der Waals surface area contributed by atoms with Crippen molar-refractivity contribution in [2.75, 3.05) is 6.54 Å². The SMILES string of the molecule is CC(C)(C)NC(=O)CCN1C2CCC1CC(=O)C2. The minimum atomic E-state index is -0.159. The van der Waals surface area contributed by atoms with E-state index in [0.29, 0.717) is 37.1 Å². The van der Waals surface area contributed by atoms with Gasteiger partial charge >= 0.3 is 0 Å². The highest BCUT2D eigenvalue weighted by atomic mass is 16.1. The lowest BCUT2D eigenvalue weighted by Gasteiger charge is -2.34. The molecule has 1 N–H and O–H groups in total. The van der Waals surface area contributed by atoms with Crippen molar-refractivity contribution >= 4 is 11.7 Å². The van der Waals surface area contributed by atoms with Crippen molar-refractivity contribution in [1.82, 2.24) is 10.2 Å². The third-order valence-electron chi connectivity index (χ3n) is 3.81. The molecule has 4 nitrogen and oxygen atoms in total. The number of nitrogens with zero attached hydrogens (tertiary/aromatic N) is 1. The molecule has 0 aromatic carbocycles. The topological polar surface area (TPSA) is 49.4 Å². The van der Waals surface area contributed by atoms with Crippen LogP contribution in [0, 0.1) is 0 Å². The van der Waals surface area contributed by atoms with Crippen LogP contribution >= 0.6 is 0 Å². The molecule has 0 aromatic rings. The lowest BCUT2D eigenvalue weighted by atomic mass is 10.0. The van der Waals surface area contributed by atoms with E-state index in [1.54, 1.807) is 0 Å². The summed E-state index contributed by atoms with van der Waals surface area (Å²) in [6.07, 6.45) is 4.17. The monoisotopic (exact) mass is 252 g/mol. The molecule has 0 radical (unpaired) electrons. The Morgan fingerprint density at radius 3 is 2.33 bits per heavy atom. The summed E-state index contributed by atoms with van der Waals surface area (Å²) in [6.45, 7) is 6.78. The standard InChI is InChI=1S/C14H24N2O2/c1-14(2,3)15-13(18)6-7-16-10-4-5-11(16)9-12(17)8-10/h10-11H,4-9H2,1-3H3,(H,15,18). The highest BCUT2D eigenvalue weighted by molar-refractivity contribution is 5.81. The fourth-order valence-corrected chi connectivity index (χ4v) is 3.14. The van der Waals surface area contributed by atoms with Crippen LogP contribution in [0.15, 0.2) is 0 Å². The smallest absolute Gasteiger partial charge is 0.221 e. The van der Waals surface area contributed by atoms with E-state index in [-0.39, 0.29) is 11.4 Å². The summed E-state index contributed by atoms with van der Waals surface area (Å²) in [7, 11) is 0.